The van der Waals surface area contributed by atoms with E-state index in [9.17, 15) is 4.39 Å². The van der Waals surface area contributed by atoms with Gasteiger partial charge in [-0.3, -0.25) is 0 Å². The lowest BCUT2D eigenvalue weighted by Crippen LogP contribution is -2.26. The molecule has 0 fully saturated rings. The number of hydrogen-bond acceptors (Lipinski definition) is 1. The van der Waals surface area contributed by atoms with Crippen LogP contribution >= 0.6 is 15.9 Å². The SMILES string of the molecule is Cc1ccc(C(C)(F)CN)cc1Br. The van der Waals surface area contributed by atoms with Crippen LogP contribution in [0.15, 0.2) is 22.7 Å². The van der Waals surface area contributed by atoms with Gasteiger partial charge in [0, 0.05) is 11.0 Å². The first-order chi connectivity index (χ1) is 5.97. The molecule has 1 unspecified atom stereocenters. The van der Waals surface area contributed by atoms with Gasteiger partial charge in [-0.25, -0.2) is 4.39 Å². The van der Waals surface area contributed by atoms with Gasteiger partial charge in [-0.1, -0.05) is 28.1 Å². The Kier molecular flexibility index (Phi) is 3.09. The maximum Gasteiger partial charge on any atom is 0.145 e. The van der Waals surface area contributed by atoms with Gasteiger partial charge in [0.1, 0.15) is 5.67 Å². The zero-order valence-electron chi connectivity index (χ0n) is 7.77. The number of alkyl halides is 1. The zero-order chi connectivity index (χ0) is 10.1. The minimum absolute atomic E-state index is 0.00248. The summed E-state index contributed by atoms with van der Waals surface area (Å²) >= 11 is 3.36. The van der Waals surface area contributed by atoms with Crippen LogP contribution in [0.4, 0.5) is 4.39 Å². The molecule has 1 aromatic rings. The van der Waals surface area contributed by atoms with Crippen LogP contribution in [0.2, 0.25) is 0 Å². The van der Waals surface area contributed by atoms with Crippen LogP contribution in [-0.4, -0.2) is 6.54 Å². The maximum atomic E-state index is 13.7. The topological polar surface area (TPSA) is 26.0 Å². The molecule has 0 aliphatic carbocycles. The molecule has 1 nitrogen and oxygen atoms in total. The normalized spacial score (nSPS) is 15.5. The van der Waals surface area contributed by atoms with Crippen molar-refractivity contribution in [3.8, 4) is 0 Å². The number of rotatable bonds is 2. The highest BCUT2D eigenvalue weighted by Crippen LogP contribution is 2.28. The van der Waals surface area contributed by atoms with Gasteiger partial charge < -0.3 is 5.73 Å². The summed E-state index contributed by atoms with van der Waals surface area (Å²) in [6, 6.07) is 5.43. The van der Waals surface area contributed by atoms with E-state index >= 15 is 0 Å². The summed E-state index contributed by atoms with van der Waals surface area (Å²) in [7, 11) is 0. The van der Waals surface area contributed by atoms with Crippen molar-refractivity contribution in [3.63, 3.8) is 0 Å². The highest BCUT2D eigenvalue weighted by molar-refractivity contribution is 9.10. The second-order valence-electron chi connectivity index (χ2n) is 3.37. The van der Waals surface area contributed by atoms with E-state index in [2.05, 4.69) is 15.9 Å². The lowest BCUT2D eigenvalue weighted by Gasteiger charge is -2.19. The number of aryl methyl sites for hydroxylation is 1. The van der Waals surface area contributed by atoms with Gasteiger partial charge in [-0.2, -0.15) is 0 Å². The maximum absolute atomic E-state index is 13.7. The van der Waals surface area contributed by atoms with Crippen molar-refractivity contribution in [1.82, 2.24) is 0 Å². The van der Waals surface area contributed by atoms with E-state index in [1.807, 2.05) is 13.0 Å². The predicted octanol–water partition coefficient (Wildman–Crippen LogP) is 2.90. The molecule has 0 amide bonds. The van der Waals surface area contributed by atoms with Gasteiger partial charge in [0.05, 0.1) is 0 Å². The zero-order valence-corrected chi connectivity index (χ0v) is 9.36. The standard InChI is InChI=1S/C10H13BrFN/c1-7-3-4-8(5-9(7)11)10(2,12)6-13/h3-5H,6,13H2,1-2H3. The van der Waals surface area contributed by atoms with Crippen LogP contribution in [-0.2, 0) is 5.67 Å². The lowest BCUT2D eigenvalue weighted by molar-refractivity contribution is 0.203. The minimum atomic E-state index is -1.43. The molecule has 0 radical (unpaired) electrons. The molecule has 0 spiro atoms. The average Bonchev–Trinajstić information content (AvgIpc) is 2.09. The summed E-state index contributed by atoms with van der Waals surface area (Å²) < 4.78 is 14.6. The van der Waals surface area contributed by atoms with Crippen molar-refractivity contribution < 1.29 is 4.39 Å². The molecule has 0 bridgehead atoms. The van der Waals surface area contributed by atoms with Crippen LogP contribution < -0.4 is 5.73 Å². The third kappa shape index (κ3) is 2.29. The molecule has 1 rings (SSSR count). The first kappa shape index (κ1) is 10.7. The molecule has 3 heteroatoms. The van der Waals surface area contributed by atoms with E-state index in [-0.39, 0.29) is 6.54 Å². The molecular formula is C10H13BrFN. The average molecular weight is 246 g/mol. The molecule has 0 saturated heterocycles. The van der Waals surface area contributed by atoms with Crippen LogP contribution in [0.5, 0.6) is 0 Å². The second kappa shape index (κ2) is 3.76. The molecule has 2 N–H and O–H groups in total. The van der Waals surface area contributed by atoms with Gasteiger partial charge in [-0.15, -0.1) is 0 Å². The van der Waals surface area contributed by atoms with Crippen molar-refractivity contribution in [3.05, 3.63) is 33.8 Å². The Bertz CT molecular complexity index is 310. The van der Waals surface area contributed by atoms with Crippen LogP contribution in [0.3, 0.4) is 0 Å². The van der Waals surface area contributed by atoms with Crippen LogP contribution in [0.25, 0.3) is 0 Å². The van der Waals surface area contributed by atoms with Crippen molar-refractivity contribution in [2.24, 2.45) is 5.73 Å². The molecule has 1 aromatic carbocycles. The van der Waals surface area contributed by atoms with E-state index < -0.39 is 5.67 Å². The van der Waals surface area contributed by atoms with E-state index in [0.29, 0.717) is 5.56 Å². The summed E-state index contributed by atoms with van der Waals surface area (Å²) in [5.74, 6) is 0. The minimum Gasteiger partial charge on any atom is -0.327 e. The Labute approximate surface area is 86.3 Å². The molecule has 13 heavy (non-hydrogen) atoms. The van der Waals surface area contributed by atoms with E-state index in [4.69, 9.17) is 5.73 Å². The van der Waals surface area contributed by atoms with E-state index in [0.717, 1.165) is 10.0 Å². The van der Waals surface area contributed by atoms with Crippen LogP contribution in [0.1, 0.15) is 18.1 Å². The Morgan fingerprint density at radius 2 is 2.15 bits per heavy atom. The highest BCUT2D eigenvalue weighted by atomic mass is 79.9. The highest BCUT2D eigenvalue weighted by Gasteiger charge is 2.23. The van der Waals surface area contributed by atoms with Gasteiger partial charge in [0.25, 0.3) is 0 Å². The molecule has 0 heterocycles. The van der Waals surface area contributed by atoms with Crippen LogP contribution in [0, 0.1) is 6.92 Å². The van der Waals surface area contributed by atoms with Gasteiger partial charge >= 0.3 is 0 Å². The second-order valence-corrected chi connectivity index (χ2v) is 4.22. The third-order valence-corrected chi connectivity index (χ3v) is 3.01. The largest absolute Gasteiger partial charge is 0.327 e. The van der Waals surface area contributed by atoms with E-state index in [1.54, 1.807) is 12.1 Å². The van der Waals surface area contributed by atoms with Gasteiger partial charge in [-0.05, 0) is 31.0 Å². The monoisotopic (exact) mass is 245 g/mol. The summed E-state index contributed by atoms with van der Waals surface area (Å²) in [5.41, 5.74) is 5.61. The quantitative estimate of drug-likeness (QED) is 0.853. The summed E-state index contributed by atoms with van der Waals surface area (Å²) in [6.45, 7) is 3.46. The van der Waals surface area contributed by atoms with Crippen molar-refractivity contribution in [2.45, 2.75) is 19.5 Å². The molecular weight excluding hydrogens is 233 g/mol. The van der Waals surface area contributed by atoms with Crippen molar-refractivity contribution in [1.29, 1.82) is 0 Å². The van der Waals surface area contributed by atoms with Gasteiger partial charge in [0.15, 0.2) is 0 Å². The predicted molar refractivity (Wildman–Crippen MR) is 56.4 cm³/mol. The van der Waals surface area contributed by atoms with Crippen molar-refractivity contribution in [2.75, 3.05) is 6.54 Å². The molecule has 1 atom stereocenters. The Hall–Kier alpha value is -0.410. The number of benzene rings is 1. The van der Waals surface area contributed by atoms with Gasteiger partial charge in [0.2, 0.25) is 0 Å². The number of hydrogen-bond donors (Lipinski definition) is 1. The van der Waals surface area contributed by atoms with E-state index in [1.165, 1.54) is 6.92 Å². The molecule has 0 saturated carbocycles. The fourth-order valence-corrected chi connectivity index (χ4v) is 1.41. The molecule has 0 aliphatic heterocycles. The Morgan fingerprint density at radius 1 is 1.54 bits per heavy atom. The lowest BCUT2D eigenvalue weighted by atomic mass is 9.97. The third-order valence-electron chi connectivity index (χ3n) is 2.16. The summed E-state index contributed by atoms with van der Waals surface area (Å²) in [6.07, 6.45) is 0. The number of nitrogens with two attached hydrogens (primary N) is 1. The fraction of sp³-hybridized carbons (Fsp3) is 0.400. The smallest absolute Gasteiger partial charge is 0.145 e. The molecule has 0 aliphatic rings. The summed E-state index contributed by atoms with van der Waals surface area (Å²) in [4.78, 5) is 0. The summed E-state index contributed by atoms with van der Waals surface area (Å²) in [5, 5.41) is 0. The Morgan fingerprint density at radius 3 is 2.62 bits per heavy atom. The number of halogens is 2. The molecule has 0 aromatic heterocycles. The molecule has 72 valence electrons. The fourth-order valence-electron chi connectivity index (χ4n) is 1.03. The van der Waals surface area contributed by atoms with Crippen molar-refractivity contribution >= 4 is 15.9 Å². The first-order valence-corrected chi connectivity index (χ1v) is 4.92. The Balaban J connectivity index is 3.10. The first-order valence-electron chi connectivity index (χ1n) is 4.13.